The van der Waals surface area contributed by atoms with Crippen LogP contribution in [0.3, 0.4) is 0 Å². The fourth-order valence-corrected chi connectivity index (χ4v) is 3.37. The van der Waals surface area contributed by atoms with E-state index in [1.807, 2.05) is 0 Å². The van der Waals surface area contributed by atoms with E-state index in [0.717, 1.165) is 17.9 Å². The highest BCUT2D eigenvalue weighted by Crippen LogP contribution is 2.30. The summed E-state index contributed by atoms with van der Waals surface area (Å²) in [6.45, 7) is 7.50. The Morgan fingerprint density at radius 2 is 1.27 bits per heavy atom. The molecule has 0 aromatic carbocycles. The van der Waals surface area contributed by atoms with Crippen molar-refractivity contribution in [2.24, 2.45) is 11.8 Å². The molecule has 3 fully saturated rings. The van der Waals surface area contributed by atoms with Crippen molar-refractivity contribution in [2.45, 2.75) is 64.8 Å². The van der Waals surface area contributed by atoms with Gasteiger partial charge in [-0.2, -0.15) is 0 Å². The van der Waals surface area contributed by atoms with Crippen LogP contribution in [0.25, 0.3) is 0 Å². The lowest BCUT2D eigenvalue weighted by Crippen LogP contribution is -2.39. The largest absolute Gasteiger partial charge is 0.300 e. The summed E-state index contributed by atoms with van der Waals surface area (Å²) in [7, 11) is 0. The molecule has 3 rings (SSSR count). The predicted octanol–water partition coefficient (Wildman–Crippen LogP) is 3.69. The summed E-state index contributed by atoms with van der Waals surface area (Å²) in [5.41, 5.74) is 0. The Morgan fingerprint density at radius 3 is 1.73 bits per heavy atom. The zero-order valence-electron chi connectivity index (χ0n) is 10.5. The summed E-state index contributed by atoms with van der Waals surface area (Å²) < 4.78 is 0. The maximum absolute atomic E-state index is 2.75. The molecular weight excluding hydrogens is 182 g/mol. The number of fused-ring (bicyclic) bond motifs is 7. The van der Waals surface area contributed by atoms with Crippen molar-refractivity contribution in [2.75, 3.05) is 13.1 Å². The van der Waals surface area contributed by atoms with Crippen molar-refractivity contribution >= 4 is 0 Å². The van der Waals surface area contributed by atoms with Crippen LogP contribution >= 0.6 is 0 Å². The van der Waals surface area contributed by atoms with Crippen molar-refractivity contribution in [1.29, 1.82) is 0 Å². The molecule has 0 aromatic heterocycles. The average molecular weight is 209 g/mol. The van der Waals surface area contributed by atoms with Crippen molar-refractivity contribution in [3.05, 3.63) is 0 Å². The molecule has 2 bridgehead atoms. The van der Waals surface area contributed by atoms with Crippen LogP contribution in [0.2, 0.25) is 0 Å². The zero-order chi connectivity index (χ0) is 10.7. The second-order valence-electron chi connectivity index (χ2n) is 6.00. The highest BCUT2D eigenvalue weighted by molar-refractivity contribution is 4.78. The van der Waals surface area contributed by atoms with Crippen LogP contribution in [0.15, 0.2) is 0 Å². The van der Waals surface area contributed by atoms with Crippen molar-refractivity contribution < 1.29 is 0 Å². The summed E-state index contributed by atoms with van der Waals surface area (Å²) in [4.78, 5) is 2.75. The highest BCUT2D eigenvalue weighted by atomic mass is 15.1. The quantitative estimate of drug-likeness (QED) is 0.636. The van der Waals surface area contributed by atoms with Crippen LogP contribution in [0.1, 0.15) is 58.8 Å². The molecule has 0 radical (unpaired) electrons. The first-order valence-electron chi connectivity index (χ1n) is 6.99. The van der Waals surface area contributed by atoms with Gasteiger partial charge in [0.1, 0.15) is 0 Å². The monoisotopic (exact) mass is 209 g/mol. The molecule has 0 amide bonds. The Bertz CT molecular complexity index is 168. The minimum Gasteiger partial charge on any atom is -0.300 e. The lowest BCUT2D eigenvalue weighted by Gasteiger charge is -2.35. The topological polar surface area (TPSA) is 3.24 Å². The molecule has 0 spiro atoms. The molecule has 2 atom stereocenters. The minimum absolute atomic E-state index is 0.756. The molecule has 2 saturated heterocycles. The number of hydrogen-bond acceptors (Lipinski definition) is 1. The molecule has 0 N–H and O–H groups in total. The molecule has 2 unspecified atom stereocenters. The van der Waals surface area contributed by atoms with E-state index >= 15 is 0 Å². The van der Waals surface area contributed by atoms with E-state index in [9.17, 15) is 0 Å². The first kappa shape index (κ1) is 11.4. The number of hydrogen-bond donors (Lipinski definition) is 0. The van der Waals surface area contributed by atoms with Gasteiger partial charge in [0, 0.05) is 19.1 Å². The van der Waals surface area contributed by atoms with E-state index < -0.39 is 0 Å². The highest BCUT2D eigenvalue weighted by Gasteiger charge is 2.25. The lowest BCUT2D eigenvalue weighted by molar-refractivity contribution is 0.134. The zero-order valence-corrected chi connectivity index (χ0v) is 10.5. The molecule has 3 aliphatic rings. The molecule has 1 aliphatic carbocycles. The maximum atomic E-state index is 2.75. The van der Waals surface area contributed by atoms with Crippen LogP contribution in [0.4, 0.5) is 0 Å². The van der Waals surface area contributed by atoms with E-state index in [0.29, 0.717) is 0 Å². The van der Waals surface area contributed by atoms with Crippen molar-refractivity contribution in [1.82, 2.24) is 4.90 Å². The lowest BCUT2D eigenvalue weighted by atomic mass is 9.91. The van der Waals surface area contributed by atoms with Gasteiger partial charge >= 0.3 is 0 Å². The smallest absolute Gasteiger partial charge is 0.00388 e. The summed E-state index contributed by atoms with van der Waals surface area (Å²) in [5.74, 6) is 2.01. The van der Waals surface area contributed by atoms with Gasteiger partial charge in [0.05, 0.1) is 0 Å². The van der Waals surface area contributed by atoms with E-state index in [4.69, 9.17) is 0 Å². The molecular formula is C14H27N. The van der Waals surface area contributed by atoms with Crippen molar-refractivity contribution in [3.8, 4) is 0 Å². The Labute approximate surface area is 95.2 Å². The molecule has 15 heavy (non-hydrogen) atoms. The fourth-order valence-electron chi connectivity index (χ4n) is 3.37. The third kappa shape index (κ3) is 3.21. The van der Waals surface area contributed by atoms with Gasteiger partial charge in [-0.25, -0.2) is 0 Å². The normalized spacial score (nSPS) is 34.6. The van der Waals surface area contributed by atoms with Gasteiger partial charge in [0.15, 0.2) is 0 Å². The average Bonchev–Trinajstić information content (AvgIpc) is 2.31. The van der Waals surface area contributed by atoms with Gasteiger partial charge in [-0.05, 0) is 51.4 Å². The maximum Gasteiger partial charge on any atom is 0.00388 e. The van der Waals surface area contributed by atoms with Gasteiger partial charge in [-0.3, -0.25) is 0 Å². The summed E-state index contributed by atoms with van der Waals surface area (Å²) >= 11 is 0. The molecule has 2 heterocycles. The van der Waals surface area contributed by atoms with Crippen LogP contribution in [0.5, 0.6) is 0 Å². The van der Waals surface area contributed by atoms with Crippen molar-refractivity contribution in [3.63, 3.8) is 0 Å². The van der Waals surface area contributed by atoms with Crippen LogP contribution < -0.4 is 0 Å². The van der Waals surface area contributed by atoms with Gasteiger partial charge < -0.3 is 4.90 Å². The van der Waals surface area contributed by atoms with Gasteiger partial charge in [-0.1, -0.05) is 19.3 Å². The van der Waals surface area contributed by atoms with Crippen LogP contribution in [-0.2, 0) is 0 Å². The number of nitrogens with zero attached hydrogens (tertiary/aromatic N) is 1. The second kappa shape index (κ2) is 5.34. The van der Waals surface area contributed by atoms with E-state index in [1.54, 1.807) is 0 Å². The standard InChI is InChI=1S/C14H27N/c1-12(2)15-10-13-6-3-4-7-14(11-15)9-5-8-13/h12-14H,3-11H2,1-2H3. The van der Waals surface area contributed by atoms with Gasteiger partial charge in [-0.15, -0.1) is 0 Å². The summed E-state index contributed by atoms with van der Waals surface area (Å²) in [5, 5.41) is 0. The first-order valence-corrected chi connectivity index (χ1v) is 6.99. The molecule has 88 valence electrons. The fraction of sp³-hybridized carbons (Fsp3) is 1.00. The van der Waals surface area contributed by atoms with E-state index in [2.05, 4.69) is 18.7 Å². The molecule has 1 heteroatoms. The molecule has 2 aliphatic heterocycles. The Balaban J connectivity index is 2.05. The third-order valence-corrected chi connectivity index (χ3v) is 4.42. The third-order valence-electron chi connectivity index (χ3n) is 4.42. The molecule has 1 nitrogen and oxygen atoms in total. The SMILES string of the molecule is CC(C)N1CC2CCCCC(CCC2)C1. The summed E-state index contributed by atoms with van der Waals surface area (Å²) in [6.07, 6.45) is 10.5. The van der Waals surface area contributed by atoms with Crippen LogP contribution in [0, 0.1) is 11.8 Å². The van der Waals surface area contributed by atoms with E-state index in [1.165, 1.54) is 58.0 Å². The predicted molar refractivity (Wildman–Crippen MR) is 66.0 cm³/mol. The Hall–Kier alpha value is -0.0400. The number of rotatable bonds is 1. The van der Waals surface area contributed by atoms with Gasteiger partial charge in [0.25, 0.3) is 0 Å². The van der Waals surface area contributed by atoms with Gasteiger partial charge in [0.2, 0.25) is 0 Å². The first-order chi connectivity index (χ1) is 7.25. The Morgan fingerprint density at radius 1 is 0.800 bits per heavy atom. The van der Waals surface area contributed by atoms with E-state index in [-0.39, 0.29) is 0 Å². The molecule has 1 saturated carbocycles. The Kier molecular flexibility index (Phi) is 4.07. The molecule has 0 aromatic rings. The second-order valence-corrected chi connectivity index (χ2v) is 6.00. The minimum atomic E-state index is 0.756. The summed E-state index contributed by atoms with van der Waals surface area (Å²) in [6, 6.07) is 0.756. The van der Waals surface area contributed by atoms with Crippen LogP contribution in [-0.4, -0.2) is 24.0 Å².